The molecule has 4 aromatic rings. The van der Waals surface area contributed by atoms with Crippen LogP contribution in [0.3, 0.4) is 0 Å². The lowest BCUT2D eigenvalue weighted by molar-refractivity contribution is -0.142. The number of aromatic nitrogens is 3. The first-order valence-electron chi connectivity index (χ1n) is 11.4. The van der Waals surface area contributed by atoms with E-state index in [0.717, 1.165) is 17.4 Å². The SMILES string of the molecule is CC(C)c1ccc(-c2cc(C(F)(F)F)n3nc(C(=O)N(C)[C@H](C)CCc4ccco4)cc3n2)cc1. The Bertz CT molecular complexity index is 1310. The fourth-order valence-corrected chi connectivity index (χ4v) is 3.85. The minimum absolute atomic E-state index is 0.0391. The molecular weight excluding hydrogens is 457 g/mol. The largest absolute Gasteiger partial charge is 0.469 e. The molecule has 4 rings (SSSR count). The summed E-state index contributed by atoms with van der Waals surface area (Å²) in [6.45, 7) is 5.95. The number of carbonyl (C=O) groups excluding carboxylic acids is 1. The van der Waals surface area contributed by atoms with Crippen molar-refractivity contribution in [2.75, 3.05) is 7.05 Å². The first-order chi connectivity index (χ1) is 16.5. The second-order valence-electron chi connectivity index (χ2n) is 8.98. The van der Waals surface area contributed by atoms with E-state index in [4.69, 9.17) is 4.42 Å². The number of aryl methyl sites for hydroxylation is 1. The standard InChI is InChI=1S/C26H27F3N4O2/c1-16(2)18-8-10-19(11-9-18)21-14-23(26(27,28)29)33-24(30-21)15-22(31-33)25(34)32(4)17(3)7-12-20-6-5-13-35-20/h5-6,8-11,13-17H,7,12H2,1-4H3/t17-/m1/s1. The molecule has 6 nitrogen and oxygen atoms in total. The Labute approximate surface area is 201 Å². The third kappa shape index (κ3) is 5.23. The average Bonchev–Trinajstić information content (AvgIpc) is 3.50. The summed E-state index contributed by atoms with van der Waals surface area (Å²) < 4.78 is 47.8. The highest BCUT2D eigenvalue weighted by atomic mass is 19.4. The minimum atomic E-state index is -4.68. The van der Waals surface area contributed by atoms with Gasteiger partial charge >= 0.3 is 6.18 Å². The van der Waals surface area contributed by atoms with Crippen LogP contribution in [0.1, 0.15) is 60.6 Å². The minimum Gasteiger partial charge on any atom is -0.469 e. The van der Waals surface area contributed by atoms with Crippen LogP contribution in [0.15, 0.2) is 59.2 Å². The molecule has 0 saturated heterocycles. The highest BCUT2D eigenvalue weighted by Crippen LogP contribution is 2.33. The van der Waals surface area contributed by atoms with Crippen LogP contribution in [-0.4, -0.2) is 38.5 Å². The van der Waals surface area contributed by atoms with E-state index in [-0.39, 0.29) is 23.1 Å². The summed E-state index contributed by atoms with van der Waals surface area (Å²) in [4.78, 5) is 18.9. The number of nitrogens with zero attached hydrogens (tertiary/aromatic N) is 4. The number of carbonyl (C=O) groups is 1. The third-order valence-electron chi connectivity index (χ3n) is 6.18. The number of rotatable bonds is 7. The molecule has 0 aliphatic rings. The number of fused-ring (bicyclic) bond motifs is 1. The molecule has 3 heterocycles. The predicted molar refractivity (Wildman–Crippen MR) is 126 cm³/mol. The number of hydrogen-bond donors (Lipinski definition) is 0. The van der Waals surface area contributed by atoms with Crippen molar-refractivity contribution in [1.82, 2.24) is 19.5 Å². The van der Waals surface area contributed by atoms with Crippen molar-refractivity contribution in [3.63, 3.8) is 0 Å². The van der Waals surface area contributed by atoms with Gasteiger partial charge in [-0.25, -0.2) is 9.50 Å². The second-order valence-corrected chi connectivity index (χ2v) is 8.98. The van der Waals surface area contributed by atoms with E-state index in [0.29, 0.717) is 28.8 Å². The Morgan fingerprint density at radius 2 is 1.83 bits per heavy atom. The van der Waals surface area contributed by atoms with Crippen molar-refractivity contribution in [3.05, 3.63) is 77.5 Å². The van der Waals surface area contributed by atoms with Crippen LogP contribution in [0.5, 0.6) is 0 Å². The van der Waals surface area contributed by atoms with E-state index in [9.17, 15) is 18.0 Å². The molecule has 1 aromatic carbocycles. The zero-order valence-electron chi connectivity index (χ0n) is 20.0. The molecule has 35 heavy (non-hydrogen) atoms. The van der Waals surface area contributed by atoms with Crippen molar-refractivity contribution in [2.45, 2.75) is 51.7 Å². The van der Waals surface area contributed by atoms with Gasteiger partial charge in [-0.1, -0.05) is 38.1 Å². The van der Waals surface area contributed by atoms with Gasteiger partial charge in [0.05, 0.1) is 12.0 Å². The zero-order chi connectivity index (χ0) is 25.3. The van der Waals surface area contributed by atoms with Gasteiger partial charge < -0.3 is 9.32 Å². The number of furan rings is 1. The fourth-order valence-electron chi connectivity index (χ4n) is 3.85. The normalized spacial score (nSPS) is 12.9. The van der Waals surface area contributed by atoms with Crippen molar-refractivity contribution in [3.8, 4) is 11.3 Å². The molecule has 0 bridgehead atoms. The molecular formula is C26H27F3N4O2. The van der Waals surface area contributed by atoms with Gasteiger partial charge in [0.15, 0.2) is 17.0 Å². The van der Waals surface area contributed by atoms with Gasteiger partial charge in [-0.3, -0.25) is 4.79 Å². The third-order valence-corrected chi connectivity index (χ3v) is 6.18. The summed E-state index contributed by atoms with van der Waals surface area (Å²) in [7, 11) is 1.61. The number of hydrogen-bond acceptors (Lipinski definition) is 4. The molecule has 0 N–H and O–H groups in total. The van der Waals surface area contributed by atoms with Crippen LogP contribution in [0.2, 0.25) is 0 Å². The van der Waals surface area contributed by atoms with Crippen molar-refractivity contribution in [1.29, 1.82) is 0 Å². The molecule has 9 heteroatoms. The van der Waals surface area contributed by atoms with Gasteiger partial charge in [-0.15, -0.1) is 0 Å². The average molecular weight is 485 g/mol. The fraction of sp³-hybridized carbons (Fsp3) is 0.346. The smallest absolute Gasteiger partial charge is 0.433 e. The van der Waals surface area contributed by atoms with E-state index in [2.05, 4.69) is 10.1 Å². The molecule has 184 valence electrons. The molecule has 0 aliphatic carbocycles. The second kappa shape index (κ2) is 9.56. The monoisotopic (exact) mass is 484 g/mol. The lowest BCUT2D eigenvalue weighted by Gasteiger charge is -2.23. The van der Waals surface area contributed by atoms with Gasteiger partial charge in [0.25, 0.3) is 5.91 Å². The molecule has 0 fully saturated rings. The van der Waals surface area contributed by atoms with Crippen molar-refractivity contribution >= 4 is 11.6 Å². The summed E-state index contributed by atoms with van der Waals surface area (Å²) in [5.41, 5.74) is 0.676. The predicted octanol–water partition coefficient (Wildman–Crippen LogP) is 6.22. The maximum absolute atomic E-state index is 13.9. The highest BCUT2D eigenvalue weighted by Gasteiger charge is 2.36. The Kier molecular flexibility index (Phi) is 6.69. The molecule has 0 unspecified atom stereocenters. The Hall–Kier alpha value is -3.62. The summed E-state index contributed by atoms with van der Waals surface area (Å²) in [6, 6.07) is 13.0. The highest BCUT2D eigenvalue weighted by molar-refractivity contribution is 5.93. The van der Waals surface area contributed by atoms with E-state index in [1.807, 2.05) is 39.0 Å². The topological polar surface area (TPSA) is 63.6 Å². The summed E-state index contributed by atoms with van der Waals surface area (Å²) in [5.74, 6) is 0.629. The summed E-state index contributed by atoms with van der Waals surface area (Å²) in [6.07, 6.45) is -1.83. The van der Waals surface area contributed by atoms with Crippen LogP contribution < -0.4 is 0 Å². The van der Waals surface area contributed by atoms with Gasteiger partial charge in [-0.2, -0.15) is 18.3 Å². The summed E-state index contributed by atoms with van der Waals surface area (Å²) in [5, 5.41) is 3.99. The molecule has 0 aliphatic heterocycles. The van der Waals surface area contributed by atoms with Gasteiger partial charge in [-0.05, 0) is 43.0 Å². The van der Waals surface area contributed by atoms with E-state index < -0.39 is 17.8 Å². The molecule has 0 saturated carbocycles. The quantitative estimate of drug-likeness (QED) is 0.312. The first-order valence-corrected chi connectivity index (χ1v) is 11.4. The van der Waals surface area contributed by atoms with Crippen molar-refractivity contribution in [2.24, 2.45) is 0 Å². The maximum atomic E-state index is 13.9. The van der Waals surface area contributed by atoms with Gasteiger partial charge in [0.2, 0.25) is 0 Å². The van der Waals surface area contributed by atoms with Gasteiger partial charge in [0, 0.05) is 31.1 Å². The molecule has 3 aromatic heterocycles. The Morgan fingerprint density at radius 3 is 2.43 bits per heavy atom. The molecule has 1 atom stereocenters. The molecule has 1 amide bonds. The van der Waals surface area contributed by atoms with Crippen molar-refractivity contribution < 1.29 is 22.4 Å². The number of halogens is 3. The summed E-state index contributed by atoms with van der Waals surface area (Å²) >= 11 is 0. The lowest BCUT2D eigenvalue weighted by Crippen LogP contribution is -2.35. The van der Waals surface area contributed by atoms with Gasteiger partial charge in [0.1, 0.15) is 5.76 Å². The Balaban J connectivity index is 1.65. The van der Waals surface area contributed by atoms with E-state index in [1.165, 1.54) is 11.0 Å². The first kappa shape index (κ1) is 24.5. The number of benzene rings is 1. The maximum Gasteiger partial charge on any atom is 0.433 e. The van der Waals surface area contributed by atoms with Crippen LogP contribution in [-0.2, 0) is 12.6 Å². The van der Waals surface area contributed by atoms with Crippen LogP contribution in [0, 0.1) is 0 Å². The van der Waals surface area contributed by atoms with Crippen LogP contribution in [0.25, 0.3) is 16.9 Å². The Morgan fingerprint density at radius 1 is 1.11 bits per heavy atom. The number of amides is 1. The lowest BCUT2D eigenvalue weighted by atomic mass is 10.0. The van der Waals surface area contributed by atoms with E-state index in [1.54, 1.807) is 31.5 Å². The van der Waals surface area contributed by atoms with Crippen LogP contribution >= 0.6 is 0 Å². The van der Waals surface area contributed by atoms with E-state index >= 15 is 0 Å². The van der Waals surface area contributed by atoms with Crippen LogP contribution in [0.4, 0.5) is 13.2 Å². The zero-order valence-corrected chi connectivity index (χ0v) is 20.0. The number of alkyl halides is 3. The molecule has 0 spiro atoms. The molecule has 0 radical (unpaired) electrons.